The van der Waals surface area contributed by atoms with Gasteiger partial charge in [0.2, 0.25) is 0 Å². The number of nitrogens with zero attached hydrogens (tertiary/aromatic N) is 3. The van der Waals surface area contributed by atoms with Crippen LogP contribution in [0.15, 0.2) is 24.7 Å². The molecule has 0 spiro atoms. The Morgan fingerprint density at radius 2 is 2.20 bits per heavy atom. The van der Waals surface area contributed by atoms with Gasteiger partial charge in [0, 0.05) is 37.6 Å². The van der Waals surface area contributed by atoms with E-state index in [1.165, 1.54) is 0 Å². The highest BCUT2D eigenvalue weighted by Crippen LogP contribution is 2.13. The van der Waals surface area contributed by atoms with Crippen molar-refractivity contribution in [2.45, 2.75) is 20.4 Å². The van der Waals surface area contributed by atoms with Gasteiger partial charge in [-0.2, -0.15) is 5.10 Å². The zero-order chi connectivity index (χ0) is 14.5. The van der Waals surface area contributed by atoms with Gasteiger partial charge in [-0.15, -0.1) is 0 Å². The topological polar surface area (TPSA) is 71.8 Å². The van der Waals surface area contributed by atoms with Gasteiger partial charge in [0.1, 0.15) is 0 Å². The second-order valence-electron chi connectivity index (χ2n) is 4.51. The van der Waals surface area contributed by atoms with Crippen molar-refractivity contribution < 1.29 is 4.79 Å². The Morgan fingerprint density at radius 1 is 1.40 bits per heavy atom. The molecule has 0 aliphatic rings. The second kappa shape index (κ2) is 6.18. The van der Waals surface area contributed by atoms with Crippen molar-refractivity contribution in [3.63, 3.8) is 0 Å². The number of amides is 1. The number of hydrogen-bond acceptors (Lipinski definition) is 4. The van der Waals surface area contributed by atoms with Crippen LogP contribution in [-0.4, -0.2) is 27.2 Å². The average molecular weight is 273 g/mol. The van der Waals surface area contributed by atoms with E-state index in [1.54, 1.807) is 29.3 Å². The van der Waals surface area contributed by atoms with E-state index in [-0.39, 0.29) is 5.91 Å². The normalized spacial score (nSPS) is 10.3. The zero-order valence-electron chi connectivity index (χ0n) is 12.0. The summed E-state index contributed by atoms with van der Waals surface area (Å²) in [5.74, 6) is -0.119. The van der Waals surface area contributed by atoms with Crippen LogP contribution in [0.3, 0.4) is 0 Å². The summed E-state index contributed by atoms with van der Waals surface area (Å²) in [6.07, 6.45) is 5.05. The SMILES string of the molecule is CCNc1cnccc1C(=O)NCc1cnn(C)c1C. The van der Waals surface area contributed by atoms with Crippen LogP contribution < -0.4 is 10.6 Å². The summed E-state index contributed by atoms with van der Waals surface area (Å²) in [6, 6.07) is 1.71. The van der Waals surface area contributed by atoms with Gasteiger partial charge in [-0.1, -0.05) is 0 Å². The molecule has 0 fully saturated rings. The fourth-order valence-corrected chi connectivity index (χ4v) is 1.91. The number of aryl methyl sites for hydroxylation is 1. The van der Waals surface area contributed by atoms with Crippen molar-refractivity contribution in [3.8, 4) is 0 Å². The number of hydrogen-bond donors (Lipinski definition) is 2. The van der Waals surface area contributed by atoms with Gasteiger partial charge in [0.05, 0.1) is 23.6 Å². The van der Waals surface area contributed by atoms with E-state index in [4.69, 9.17) is 0 Å². The van der Waals surface area contributed by atoms with Crippen molar-refractivity contribution in [2.75, 3.05) is 11.9 Å². The van der Waals surface area contributed by atoms with Crippen molar-refractivity contribution in [2.24, 2.45) is 7.05 Å². The lowest BCUT2D eigenvalue weighted by Crippen LogP contribution is -2.24. The minimum atomic E-state index is -0.119. The standard InChI is InChI=1S/C14H19N5O/c1-4-16-13-9-15-6-5-12(13)14(20)17-7-11-8-18-19(3)10(11)2/h5-6,8-9,16H,4,7H2,1-3H3,(H,17,20). The summed E-state index contributed by atoms with van der Waals surface area (Å²) in [4.78, 5) is 16.3. The minimum Gasteiger partial charge on any atom is -0.383 e. The molecule has 2 rings (SSSR count). The van der Waals surface area contributed by atoms with E-state index in [9.17, 15) is 4.79 Å². The first kappa shape index (κ1) is 14.0. The van der Waals surface area contributed by atoms with Crippen LogP contribution >= 0.6 is 0 Å². The number of pyridine rings is 1. The third kappa shape index (κ3) is 2.96. The fraction of sp³-hybridized carbons (Fsp3) is 0.357. The predicted octanol–water partition coefficient (Wildman–Crippen LogP) is 1.49. The molecule has 0 unspecified atom stereocenters. The maximum absolute atomic E-state index is 12.2. The molecule has 0 radical (unpaired) electrons. The van der Waals surface area contributed by atoms with Crippen LogP contribution in [0, 0.1) is 6.92 Å². The highest BCUT2D eigenvalue weighted by molar-refractivity contribution is 5.99. The van der Waals surface area contributed by atoms with E-state index < -0.39 is 0 Å². The van der Waals surface area contributed by atoms with Gasteiger partial charge < -0.3 is 10.6 Å². The summed E-state index contributed by atoms with van der Waals surface area (Å²) >= 11 is 0. The van der Waals surface area contributed by atoms with Gasteiger partial charge >= 0.3 is 0 Å². The molecular formula is C14H19N5O. The molecule has 0 aromatic carbocycles. The molecule has 0 saturated heterocycles. The molecule has 1 amide bonds. The van der Waals surface area contributed by atoms with Crippen molar-refractivity contribution in [1.29, 1.82) is 0 Å². The Kier molecular flexibility index (Phi) is 4.34. The maximum atomic E-state index is 12.2. The first-order valence-corrected chi connectivity index (χ1v) is 6.57. The molecule has 0 saturated carbocycles. The lowest BCUT2D eigenvalue weighted by Gasteiger charge is -2.10. The first-order valence-electron chi connectivity index (χ1n) is 6.57. The average Bonchev–Trinajstić information content (AvgIpc) is 2.77. The molecule has 20 heavy (non-hydrogen) atoms. The highest BCUT2D eigenvalue weighted by Gasteiger charge is 2.12. The Balaban J connectivity index is 2.07. The summed E-state index contributed by atoms with van der Waals surface area (Å²) in [5, 5.41) is 10.2. The maximum Gasteiger partial charge on any atom is 0.253 e. The Morgan fingerprint density at radius 3 is 2.85 bits per heavy atom. The van der Waals surface area contributed by atoms with Crippen molar-refractivity contribution in [1.82, 2.24) is 20.1 Å². The number of aromatic nitrogens is 3. The van der Waals surface area contributed by atoms with Crippen molar-refractivity contribution >= 4 is 11.6 Å². The third-order valence-electron chi connectivity index (χ3n) is 3.21. The van der Waals surface area contributed by atoms with Gasteiger partial charge in [-0.3, -0.25) is 14.5 Å². The van der Waals surface area contributed by atoms with E-state index in [0.717, 1.165) is 23.5 Å². The van der Waals surface area contributed by atoms with E-state index >= 15 is 0 Å². The van der Waals surface area contributed by atoms with Crippen LogP contribution in [-0.2, 0) is 13.6 Å². The molecule has 0 atom stereocenters. The molecular weight excluding hydrogens is 254 g/mol. The molecule has 106 valence electrons. The molecule has 6 nitrogen and oxygen atoms in total. The minimum absolute atomic E-state index is 0.119. The molecule has 0 aliphatic carbocycles. The number of carbonyl (C=O) groups is 1. The lowest BCUT2D eigenvalue weighted by molar-refractivity contribution is 0.0951. The summed E-state index contributed by atoms with van der Waals surface area (Å²) in [6.45, 7) is 5.17. The summed E-state index contributed by atoms with van der Waals surface area (Å²) in [5.41, 5.74) is 3.41. The zero-order valence-corrected chi connectivity index (χ0v) is 12.0. The van der Waals surface area contributed by atoms with E-state index in [1.807, 2.05) is 20.9 Å². The largest absolute Gasteiger partial charge is 0.383 e. The number of nitrogens with one attached hydrogen (secondary N) is 2. The quantitative estimate of drug-likeness (QED) is 0.865. The van der Waals surface area contributed by atoms with Gasteiger partial charge in [-0.25, -0.2) is 0 Å². The molecule has 2 aromatic heterocycles. The van der Waals surface area contributed by atoms with Crippen LogP contribution in [0.25, 0.3) is 0 Å². The van der Waals surface area contributed by atoms with Crippen LogP contribution in [0.2, 0.25) is 0 Å². The van der Waals surface area contributed by atoms with E-state index in [2.05, 4.69) is 20.7 Å². The molecule has 6 heteroatoms. The number of rotatable bonds is 5. The Labute approximate surface area is 118 Å². The fourth-order valence-electron chi connectivity index (χ4n) is 1.91. The summed E-state index contributed by atoms with van der Waals surface area (Å²) < 4.78 is 1.79. The lowest BCUT2D eigenvalue weighted by atomic mass is 10.2. The van der Waals surface area contributed by atoms with Gasteiger partial charge in [-0.05, 0) is 19.9 Å². The molecule has 0 aliphatic heterocycles. The smallest absolute Gasteiger partial charge is 0.253 e. The monoisotopic (exact) mass is 273 g/mol. The van der Waals surface area contributed by atoms with E-state index in [0.29, 0.717) is 12.1 Å². The van der Waals surface area contributed by atoms with Gasteiger partial charge in [0.25, 0.3) is 5.91 Å². The first-order chi connectivity index (χ1) is 9.63. The highest BCUT2D eigenvalue weighted by atomic mass is 16.1. The number of anilines is 1. The van der Waals surface area contributed by atoms with Crippen LogP contribution in [0.5, 0.6) is 0 Å². The molecule has 2 heterocycles. The molecule has 2 aromatic rings. The summed E-state index contributed by atoms with van der Waals surface area (Å²) in [7, 11) is 1.88. The second-order valence-corrected chi connectivity index (χ2v) is 4.51. The third-order valence-corrected chi connectivity index (χ3v) is 3.21. The van der Waals surface area contributed by atoms with Crippen LogP contribution in [0.4, 0.5) is 5.69 Å². The van der Waals surface area contributed by atoms with Crippen LogP contribution in [0.1, 0.15) is 28.5 Å². The predicted molar refractivity (Wildman–Crippen MR) is 77.5 cm³/mol. The molecule has 2 N–H and O–H groups in total. The number of carbonyl (C=O) groups excluding carboxylic acids is 1. The van der Waals surface area contributed by atoms with Crippen molar-refractivity contribution in [3.05, 3.63) is 41.5 Å². The molecule has 0 bridgehead atoms. The van der Waals surface area contributed by atoms with Gasteiger partial charge in [0.15, 0.2) is 0 Å². The Bertz CT molecular complexity index is 605. The Hall–Kier alpha value is -2.37.